The summed E-state index contributed by atoms with van der Waals surface area (Å²) in [6, 6.07) is 2.60. The minimum absolute atomic E-state index is 0.0254. The summed E-state index contributed by atoms with van der Waals surface area (Å²) in [6.45, 7) is -1.97. The molecule has 1 aliphatic carbocycles. The number of hydrogen-bond acceptors (Lipinski definition) is 17. The van der Waals surface area contributed by atoms with Gasteiger partial charge in [-0.05, 0) is 49.0 Å². The number of unbranched alkanes of at least 4 members (excludes halogenated alkanes) is 1. The van der Waals surface area contributed by atoms with E-state index in [0.717, 1.165) is 23.1 Å². The lowest BCUT2D eigenvalue weighted by atomic mass is 9.75. The molecular formula is C41H50N6O14. The zero-order chi connectivity index (χ0) is 44.3. The number of allylic oxidation sites excluding steroid dienone is 1. The summed E-state index contributed by atoms with van der Waals surface area (Å²) in [7, 11) is 2.68. The quantitative estimate of drug-likeness (QED) is 0.0316. The molecule has 0 spiro atoms. The Balaban J connectivity index is 1.38. The summed E-state index contributed by atoms with van der Waals surface area (Å²) < 4.78 is 17.5. The van der Waals surface area contributed by atoms with Gasteiger partial charge in [-0.3, -0.25) is 29.1 Å². The molecule has 6 rings (SSSR count). The highest BCUT2D eigenvalue weighted by Gasteiger charge is 2.57. The summed E-state index contributed by atoms with van der Waals surface area (Å²) >= 11 is 0. The number of methoxy groups -OCH3 is 1. The highest BCUT2D eigenvalue weighted by Crippen LogP contribution is 2.46. The number of guanidine groups is 1. The minimum Gasteiger partial charge on any atom is -0.507 e. The molecule has 0 unspecified atom stereocenters. The molecule has 3 aliphatic heterocycles. The summed E-state index contributed by atoms with van der Waals surface area (Å²) in [6.07, 6.45) is -1.85. The first-order valence-corrected chi connectivity index (χ1v) is 19.5. The van der Waals surface area contributed by atoms with Crippen molar-refractivity contribution in [1.29, 1.82) is 0 Å². The van der Waals surface area contributed by atoms with Crippen molar-refractivity contribution < 1.29 is 69.1 Å². The lowest BCUT2D eigenvalue weighted by molar-refractivity contribution is -0.316. The number of phenols is 1. The van der Waals surface area contributed by atoms with E-state index in [1.165, 1.54) is 26.3 Å². The largest absolute Gasteiger partial charge is 0.507 e. The van der Waals surface area contributed by atoms with Crippen LogP contribution in [0.3, 0.4) is 0 Å². The maximum atomic E-state index is 14.6. The fourth-order valence-electron chi connectivity index (χ4n) is 8.17. The van der Waals surface area contributed by atoms with Crippen molar-refractivity contribution in [3.63, 3.8) is 0 Å². The van der Waals surface area contributed by atoms with Crippen LogP contribution in [0.4, 0.5) is 0 Å². The number of nitrogens with one attached hydrogen (secondary N) is 2. The van der Waals surface area contributed by atoms with E-state index in [-0.39, 0.29) is 66.0 Å². The van der Waals surface area contributed by atoms with Crippen LogP contribution in [0, 0.1) is 5.92 Å². The van der Waals surface area contributed by atoms with E-state index in [1.807, 2.05) is 0 Å². The molecule has 61 heavy (non-hydrogen) atoms. The van der Waals surface area contributed by atoms with Crippen LogP contribution in [0.5, 0.6) is 17.2 Å². The third kappa shape index (κ3) is 8.43. The number of carbonyl (C=O) groups excluding carboxylic acids is 4. The number of nitrogens with zero attached hydrogens (tertiary/aromatic N) is 2. The maximum absolute atomic E-state index is 14.6. The Labute approximate surface area is 349 Å². The van der Waals surface area contributed by atoms with Gasteiger partial charge in [-0.1, -0.05) is 6.08 Å². The predicted octanol–water partition coefficient (Wildman–Crippen LogP) is -2.17. The highest BCUT2D eigenvalue weighted by molar-refractivity contribution is 6.31. The van der Waals surface area contributed by atoms with Gasteiger partial charge in [0.15, 0.2) is 11.7 Å². The van der Waals surface area contributed by atoms with Gasteiger partial charge in [0.2, 0.25) is 12.1 Å². The molecule has 328 valence electrons. The van der Waals surface area contributed by atoms with Gasteiger partial charge in [0.05, 0.1) is 37.3 Å². The van der Waals surface area contributed by atoms with Crippen LogP contribution in [0.25, 0.3) is 0 Å². The van der Waals surface area contributed by atoms with Crippen molar-refractivity contribution in [2.24, 2.45) is 22.4 Å². The number of aliphatic hydroxyl groups is 6. The minimum atomic E-state index is -2.47. The maximum Gasteiger partial charge on any atom is 0.253 e. The highest BCUT2D eigenvalue weighted by atomic mass is 16.7. The van der Waals surface area contributed by atoms with Gasteiger partial charge in [0, 0.05) is 79.7 Å². The van der Waals surface area contributed by atoms with Crippen molar-refractivity contribution in [2.45, 2.75) is 69.0 Å². The Morgan fingerprint density at radius 2 is 1.77 bits per heavy atom. The number of aliphatic imine (C=N–C) groups is 1. The normalized spacial score (nSPS) is 24.2. The van der Waals surface area contributed by atoms with E-state index in [0.29, 0.717) is 30.4 Å². The SMILES string of the molecule is CN=C(N)NCc1c(CCCCO)cc2c(c1O)C(=O)c1c(O[C@@H]3O[C@H](CO)[C@](O)(C[C@H](CN4C(=O)C=CC4=O)C4=CCNC(N)=C4)[C@H](O)[C@H]3O)cc(OC)c(CO)c1C2=O. The molecule has 0 radical (unpaired) electrons. The van der Waals surface area contributed by atoms with E-state index in [1.54, 1.807) is 6.08 Å². The molecule has 2 aromatic rings. The zero-order valence-electron chi connectivity index (χ0n) is 33.5. The number of aryl methyl sites for hydroxylation is 1. The number of amides is 2. The van der Waals surface area contributed by atoms with E-state index < -0.39 is 102 Å². The van der Waals surface area contributed by atoms with Gasteiger partial charge in [-0.25, -0.2) is 0 Å². The molecule has 1 saturated heterocycles. The predicted molar refractivity (Wildman–Crippen MR) is 214 cm³/mol. The van der Waals surface area contributed by atoms with Gasteiger partial charge < -0.3 is 72.1 Å². The Hall–Kier alpha value is -5.87. The number of dihydropyridines is 1. The van der Waals surface area contributed by atoms with E-state index in [2.05, 4.69) is 15.6 Å². The molecule has 2 aromatic carbocycles. The number of aromatic hydroxyl groups is 1. The lowest BCUT2D eigenvalue weighted by Crippen LogP contribution is -2.68. The van der Waals surface area contributed by atoms with Crippen LogP contribution < -0.4 is 31.6 Å². The molecule has 3 heterocycles. The molecule has 0 bridgehead atoms. The standard InChI is InChI=1S/C41H50N6O14/c1-44-40(43)46-15-23-20(5-3-4-10-48)11-22-32(35(23)54)36(55)33-26(13-25(59-2)24(17-49)31(33)34(22)53)60-39-37(56)38(57)41(58,27(18-50)61-39)14-21(19-8-9-45-28(42)12-19)16-47-29(51)6-7-30(47)52/h6-8,11-13,21,27,37-39,45,48-50,54,56-58H,3-5,9-10,14-18,42H2,1-2H3,(H3,43,44,46)/t21-,27-,37-,38-,39-,41-/m1/s1. The third-order valence-corrected chi connectivity index (χ3v) is 11.4. The van der Waals surface area contributed by atoms with E-state index in [9.17, 15) is 54.9 Å². The second-order valence-corrected chi connectivity index (χ2v) is 15.0. The number of ether oxygens (including phenoxy) is 3. The van der Waals surface area contributed by atoms with Crippen LogP contribution in [-0.2, 0) is 33.9 Å². The monoisotopic (exact) mass is 850 g/mol. The number of benzene rings is 2. The second-order valence-electron chi connectivity index (χ2n) is 15.0. The fraction of sp³-hybridized carbons (Fsp3) is 0.439. The summed E-state index contributed by atoms with van der Waals surface area (Å²) in [5.74, 6) is -4.70. The first-order chi connectivity index (χ1) is 29.1. The van der Waals surface area contributed by atoms with Crippen LogP contribution >= 0.6 is 0 Å². The van der Waals surface area contributed by atoms with Crippen LogP contribution in [0.2, 0.25) is 0 Å². The molecule has 6 atom stereocenters. The number of aliphatic hydroxyl groups excluding tert-OH is 5. The van der Waals surface area contributed by atoms with Gasteiger partial charge in [-0.15, -0.1) is 0 Å². The fourth-order valence-corrected chi connectivity index (χ4v) is 8.17. The van der Waals surface area contributed by atoms with Crippen molar-refractivity contribution in [1.82, 2.24) is 15.5 Å². The second kappa shape index (κ2) is 18.4. The smallest absolute Gasteiger partial charge is 0.253 e. The molecule has 4 aliphatic rings. The van der Waals surface area contributed by atoms with Crippen molar-refractivity contribution in [3.05, 3.63) is 86.8 Å². The first kappa shape index (κ1) is 44.7. The van der Waals surface area contributed by atoms with Gasteiger partial charge in [0.25, 0.3) is 11.8 Å². The number of rotatable bonds is 16. The van der Waals surface area contributed by atoms with Gasteiger partial charge in [-0.2, -0.15) is 0 Å². The third-order valence-electron chi connectivity index (χ3n) is 11.4. The Morgan fingerprint density at radius 3 is 2.39 bits per heavy atom. The number of carbonyl (C=O) groups is 4. The molecule has 13 N–H and O–H groups in total. The molecule has 20 heteroatoms. The van der Waals surface area contributed by atoms with Crippen LogP contribution in [-0.4, -0.2) is 141 Å². The Morgan fingerprint density at radius 1 is 1.05 bits per heavy atom. The number of hydrogen-bond donors (Lipinski definition) is 11. The van der Waals surface area contributed by atoms with Crippen molar-refractivity contribution in [2.75, 3.05) is 40.5 Å². The van der Waals surface area contributed by atoms with Gasteiger partial charge in [0.1, 0.15) is 41.2 Å². The molecule has 20 nitrogen and oxygen atoms in total. The first-order valence-electron chi connectivity index (χ1n) is 19.5. The van der Waals surface area contributed by atoms with E-state index >= 15 is 0 Å². The molecule has 0 aromatic heterocycles. The topological polar surface area (TPSA) is 329 Å². The average Bonchev–Trinajstić information content (AvgIpc) is 3.56. The Kier molecular flexibility index (Phi) is 13.5. The van der Waals surface area contributed by atoms with E-state index in [4.69, 9.17) is 25.7 Å². The lowest BCUT2D eigenvalue weighted by Gasteiger charge is -2.49. The van der Waals surface area contributed by atoms with Crippen molar-refractivity contribution >= 4 is 29.3 Å². The molecule has 0 saturated carbocycles. The number of fused-ring (bicyclic) bond motifs is 2. The zero-order valence-corrected chi connectivity index (χ0v) is 33.5. The van der Waals surface area contributed by atoms with Crippen molar-refractivity contribution in [3.8, 4) is 17.2 Å². The van der Waals surface area contributed by atoms with Crippen LogP contribution in [0.1, 0.15) is 67.8 Å². The Bertz CT molecular complexity index is 2200. The summed E-state index contributed by atoms with van der Waals surface area (Å²) in [4.78, 5) is 59.1. The number of ketones is 2. The number of imide groups is 1. The molecule has 2 amide bonds. The van der Waals surface area contributed by atoms with Gasteiger partial charge >= 0.3 is 0 Å². The summed E-state index contributed by atoms with van der Waals surface area (Å²) in [5.41, 5.74) is 9.07. The summed E-state index contributed by atoms with van der Waals surface area (Å²) in [5, 5.41) is 83.4. The molecular weight excluding hydrogens is 800 g/mol. The molecule has 1 fully saturated rings. The number of nitrogens with two attached hydrogens (primary N) is 2. The van der Waals surface area contributed by atoms with Crippen LogP contribution in [0.15, 0.2) is 52.8 Å². The number of phenolic OH excluding ortho intramolecular Hbond substituents is 1. The average molecular weight is 851 g/mol.